The summed E-state index contributed by atoms with van der Waals surface area (Å²) >= 11 is 0. The third-order valence-corrected chi connectivity index (χ3v) is 11.1. The molecule has 5 nitrogen and oxygen atoms in total. The Kier molecular flexibility index (Phi) is 6.61. The summed E-state index contributed by atoms with van der Waals surface area (Å²) in [6, 6.07) is 65.9. The van der Waals surface area contributed by atoms with Gasteiger partial charge in [0, 0.05) is 38.0 Å². The van der Waals surface area contributed by atoms with Crippen molar-refractivity contribution >= 4 is 65.4 Å². The molecule has 3 aromatic heterocycles. The Morgan fingerprint density at radius 3 is 1.56 bits per heavy atom. The van der Waals surface area contributed by atoms with Crippen molar-refractivity contribution in [1.82, 2.24) is 13.7 Å². The number of rotatable bonds is 4. The molecule has 5 heteroatoms. The summed E-state index contributed by atoms with van der Waals surface area (Å²) in [6.07, 6.45) is 0. The van der Waals surface area contributed by atoms with E-state index in [1.807, 2.05) is 48.5 Å². The second-order valence-corrected chi connectivity index (χ2v) is 14.0. The number of aromatic nitrogens is 3. The minimum Gasteiger partial charge on any atom is -0.309 e. The van der Waals surface area contributed by atoms with Gasteiger partial charge in [-0.05, 0) is 77.9 Å². The van der Waals surface area contributed by atoms with Crippen molar-refractivity contribution in [2.45, 2.75) is 0 Å². The standard InChI is InChI=1S/C50H29N5/c51-30-34-13-10-19-40-39-17-3-7-22-45(39)55(50(34)40)42-27-26-33(28-35(42)31-52)32-12-9-14-36(29-32)53-46-23-8-4-18-41(46)49-47(53)24-11-25-48(49)54-43-20-5-1-15-37(43)38-16-2-6-21-44(38)54/h1-29H. The van der Waals surface area contributed by atoms with Crippen LogP contribution in [0.25, 0.3) is 93.6 Å². The van der Waals surface area contributed by atoms with E-state index in [-0.39, 0.29) is 0 Å². The van der Waals surface area contributed by atoms with E-state index in [0.29, 0.717) is 11.1 Å². The van der Waals surface area contributed by atoms with Crippen LogP contribution in [0.2, 0.25) is 0 Å². The van der Waals surface area contributed by atoms with Crippen molar-refractivity contribution < 1.29 is 0 Å². The normalized spacial score (nSPS) is 11.6. The van der Waals surface area contributed by atoms with E-state index in [9.17, 15) is 10.5 Å². The lowest BCUT2D eigenvalue weighted by molar-refractivity contribution is 1.16. The van der Waals surface area contributed by atoms with Crippen LogP contribution in [0.3, 0.4) is 0 Å². The molecule has 0 amide bonds. The van der Waals surface area contributed by atoms with Crippen LogP contribution < -0.4 is 0 Å². The summed E-state index contributed by atoms with van der Waals surface area (Å²) in [6.45, 7) is 0. The monoisotopic (exact) mass is 699 g/mol. The summed E-state index contributed by atoms with van der Waals surface area (Å²) in [4.78, 5) is 0. The third kappa shape index (κ3) is 4.39. The van der Waals surface area contributed by atoms with E-state index in [1.54, 1.807) is 0 Å². The summed E-state index contributed by atoms with van der Waals surface area (Å²) in [5.41, 5.74) is 12.3. The predicted molar refractivity (Wildman–Crippen MR) is 224 cm³/mol. The van der Waals surface area contributed by atoms with Gasteiger partial charge in [0.25, 0.3) is 0 Å². The fraction of sp³-hybridized carbons (Fsp3) is 0. The van der Waals surface area contributed by atoms with E-state index < -0.39 is 0 Å². The van der Waals surface area contributed by atoms with Gasteiger partial charge in [-0.2, -0.15) is 10.5 Å². The molecule has 0 aliphatic heterocycles. The fourth-order valence-corrected chi connectivity index (χ4v) is 8.83. The minimum absolute atomic E-state index is 0.533. The lowest BCUT2D eigenvalue weighted by Crippen LogP contribution is -1.99. The Labute approximate surface area is 316 Å². The zero-order valence-corrected chi connectivity index (χ0v) is 29.5. The van der Waals surface area contributed by atoms with E-state index in [0.717, 1.165) is 61.0 Å². The molecule has 0 N–H and O–H groups in total. The first-order valence-corrected chi connectivity index (χ1v) is 18.3. The van der Waals surface area contributed by atoms with Crippen LogP contribution in [0.1, 0.15) is 11.1 Å². The summed E-state index contributed by atoms with van der Waals surface area (Å²) in [5.74, 6) is 0. The quantitative estimate of drug-likeness (QED) is 0.184. The van der Waals surface area contributed by atoms with Crippen LogP contribution in [-0.4, -0.2) is 13.7 Å². The maximum atomic E-state index is 10.6. The third-order valence-electron chi connectivity index (χ3n) is 11.1. The number of benzene rings is 8. The van der Waals surface area contributed by atoms with Crippen molar-refractivity contribution in [2.24, 2.45) is 0 Å². The van der Waals surface area contributed by atoms with Gasteiger partial charge in [-0.15, -0.1) is 0 Å². The van der Waals surface area contributed by atoms with Gasteiger partial charge in [0.1, 0.15) is 12.1 Å². The topological polar surface area (TPSA) is 62.4 Å². The first-order chi connectivity index (χ1) is 27.2. The van der Waals surface area contributed by atoms with Gasteiger partial charge in [0.05, 0.1) is 55.6 Å². The highest BCUT2D eigenvalue weighted by molar-refractivity contribution is 6.16. The molecule has 8 aromatic carbocycles. The van der Waals surface area contributed by atoms with Crippen LogP contribution >= 0.6 is 0 Å². The molecule has 0 aliphatic rings. The highest BCUT2D eigenvalue weighted by Crippen LogP contribution is 2.41. The molecule has 0 fully saturated rings. The molecule has 0 saturated heterocycles. The Balaban J connectivity index is 1.10. The van der Waals surface area contributed by atoms with E-state index in [2.05, 4.69) is 153 Å². The Bertz CT molecular complexity index is 3420. The Morgan fingerprint density at radius 1 is 0.345 bits per heavy atom. The first kappa shape index (κ1) is 30.7. The molecule has 0 spiro atoms. The number of nitrogens with zero attached hydrogens (tertiary/aromatic N) is 5. The second kappa shape index (κ2) is 11.8. The minimum atomic E-state index is 0.533. The van der Waals surface area contributed by atoms with Gasteiger partial charge < -0.3 is 13.7 Å². The summed E-state index contributed by atoms with van der Waals surface area (Å²) < 4.78 is 6.82. The highest BCUT2D eigenvalue weighted by Gasteiger charge is 2.21. The van der Waals surface area contributed by atoms with Crippen LogP contribution in [0.4, 0.5) is 0 Å². The molecule has 0 unspecified atom stereocenters. The Morgan fingerprint density at radius 2 is 0.873 bits per heavy atom. The second-order valence-electron chi connectivity index (χ2n) is 14.0. The number of hydrogen-bond donors (Lipinski definition) is 0. The van der Waals surface area contributed by atoms with Gasteiger partial charge in [-0.3, -0.25) is 0 Å². The first-order valence-electron chi connectivity index (χ1n) is 18.3. The van der Waals surface area contributed by atoms with Gasteiger partial charge >= 0.3 is 0 Å². The number of fused-ring (bicyclic) bond motifs is 9. The largest absolute Gasteiger partial charge is 0.309 e. The zero-order valence-electron chi connectivity index (χ0n) is 29.5. The van der Waals surface area contributed by atoms with Gasteiger partial charge in [-0.25, -0.2) is 0 Å². The average Bonchev–Trinajstić information content (AvgIpc) is 3.89. The lowest BCUT2D eigenvalue weighted by Gasteiger charge is -2.14. The van der Waals surface area contributed by atoms with E-state index >= 15 is 0 Å². The molecule has 0 radical (unpaired) electrons. The summed E-state index contributed by atoms with van der Waals surface area (Å²) in [5, 5.41) is 27.6. The van der Waals surface area contributed by atoms with Crippen LogP contribution in [-0.2, 0) is 0 Å². The molecule has 0 saturated carbocycles. The van der Waals surface area contributed by atoms with Gasteiger partial charge in [0.2, 0.25) is 0 Å². The molecule has 254 valence electrons. The average molecular weight is 700 g/mol. The Hall–Kier alpha value is -7.86. The molecule has 0 atom stereocenters. The molecule has 11 rings (SSSR count). The van der Waals surface area contributed by atoms with Crippen molar-refractivity contribution in [3.63, 3.8) is 0 Å². The molecule has 55 heavy (non-hydrogen) atoms. The zero-order chi connectivity index (χ0) is 36.6. The molecule has 3 heterocycles. The van der Waals surface area contributed by atoms with Crippen LogP contribution in [0.5, 0.6) is 0 Å². The molecular weight excluding hydrogens is 671 g/mol. The lowest BCUT2D eigenvalue weighted by atomic mass is 10.0. The van der Waals surface area contributed by atoms with Gasteiger partial charge in [-0.1, -0.05) is 109 Å². The fourth-order valence-electron chi connectivity index (χ4n) is 8.83. The van der Waals surface area contributed by atoms with Crippen molar-refractivity contribution in [1.29, 1.82) is 10.5 Å². The van der Waals surface area contributed by atoms with Crippen LogP contribution in [0, 0.1) is 22.7 Å². The van der Waals surface area contributed by atoms with Gasteiger partial charge in [0.15, 0.2) is 0 Å². The number of para-hydroxylation sites is 5. The number of hydrogen-bond acceptors (Lipinski definition) is 2. The van der Waals surface area contributed by atoms with Crippen molar-refractivity contribution in [2.75, 3.05) is 0 Å². The molecule has 0 aliphatic carbocycles. The van der Waals surface area contributed by atoms with E-state index in [1.165, 1.54) is 32.6 Å². The van der Waals surface area contributed by atoms with E-state index in [4.69, 9.17) is 0 Å². The maximum Gasteiger partial charge on any atom is 0.101 e. The van der Waals surface area contributed by atoms with Crippen molar-refractivity contribution in [3.8, 4) is 40.3 Å². The predicted octanol–water partition coefficient (Wildman–Crippen LogP) is 12.4. The maximum absolute atomic E-state index is 10.6. The van der Waals surface area contributed by atoms with Crippen molar-refractivity contribution in [3.05, 3.63) is 187 Å². The smallest absolute Gasteiger partial charge is 0.101 e. The SMILES string of the molecule is N#Cc1cc(-c2cccc(-n3c4ccccc4c4c(-n5c6ccccc6c6ccccc65)cccc43)c2)ccc1-n1c2ccccc2c2cccc(C#N)c21. The molecular formula is C50H29N5. The molecule has 11 aromatic rings. The highest BCUT2D eigenvalue weighted by atomic mass is 15.0. The molecule has 0 bridgehead atoms. The summed E-state index contributed by atoms with van der Waals surface area (Å²) in [7, 11) is 0. The number of nitriles is 2. The van der Waals surface area contributed by atoms with Crippen LogP contribution in [0.15, 0.2) is 176 Å².